The Kier molecular flexibility index (Phi) is 5.20. The molecule has 1 heterocycles. The zero-order valence-electron chi connectivity index (χ0n) is 10.8. The average molecular weight is 324 g/mol. The third-order valence-electron chi connectivity index (χ3n) is 2.62. The summed E-state index contributed by atoms with van der Waals surface area (Å²) in [5, 5.41) is 0.750. The number of nitrogens with one attached hydrogen (secondary N) is 1. The molecule has 0 aliphatic heterocycles. The smallest absolute Gasteiger partial charge is 0.331 e. The van der Waals surface area contributed by atoms with Crippen molar-refractivity contribution in [3.63, 3.8) is 0 Å². The van der Waals surface area contributed by atoms with Crippen LogP contribution in [0.3, 0.4) is 0 Å². The SMILES string of the molecule is O=C(/C=C/c1cccc(Cl)c1Cl)OCC(=O)c1ccc[nH]1. The summed E-state index contributed by atoms with van der Waals surface area (Å²) in [6.45, 7) is -0.326. The number of rotatable bonds is 5. The molecule has 0 atom stereocenters. The molecule has 0 saturated heterocycles. The molecule has 0 fully saturated rings. The van der Waals surface area contributed by atoms with E-state index < -0.39 is 5.97 Å². The van der Waals surface area contributed by atoms with Crippen LogP contribution < -0.4 is 0 Å². The van der Waals surface area contributed by atoms with Crippen LogP contribution in [0.25, 0.3) is 6.08 Å². The summed E-state index contributed by atoms with van der Waals surface area (Å²) in [6, 6.07) is 8.37. The van der Waals surface area contributed by atoms with Crippen molar-refractivity contribution in [2.45, 2.75) is 0 Å². The van der Waals surface area contributed by atoms with Gasteiger partial charge in [0.2, 0.25) is 5.78 Å². The molecule has 2 aromatic rings. The van der Waals surface area contributed by atoms with Crippen LogP contribution in [0.1, 0.15) is 16.1 Å². The second kappa shape index (κ2) is 7.11. The molecule has 2 rings (SSSR count). The molecule has 0 aliphatic rings. The number of Topliss-reactive ketones (excluding diaryl/α,β-unsaturated/α-hetero) is 1. The van der Waals surface area contributed by atoms with Crippen molar-refractivity contribution in [2.24, 2.45) is 0 Å². The summed E-state index contributed by atoms with van der Waals surface area (Å²) in [6.07, 6.45) is 4.30. The summed E-state index contributed by atoms with van der Waals surface area (Å²) in [7, 11) is 0. The van der Waals surface area contributed by atoms with E-state index in [4.69, 9.17) is 27.9 Å². The first kappa shape index (κ1) is 15.4. The largest absolute Gasteiger partial charge is 0.454 e. The Hall–Kier alpha value is -2.04. The van der Waals surface area contributed by atoms with Gasteiger partial charge in [-0.1, -0.05) is 35.3 Å². The molecule has 4 nitrogen and oxygen atoms in total. The molecule has 0 aliphatic carbocycles. The van der Waals surface area contributed by atoms with E-state index in [1.54, 1.807) is 36.5 Å². The number of aromatic amines is 1. The first-order valence-corrected chi connectivity index (χ1v) is 6.79. The fourth-order valence-corrected chi connectivity index (χ4v) is 1.94. The van der Waals surface area contributed by atoms with Gasteiger partial charge in [0.15, 0.2) is 6.61 Å². The number of H-pyrrole nitrogens is 1. The van der Waals surface area contributed by atoms with Gasteiger partial charge in [-0.05, 0) is 29.8 Å². The first-order chi connectivity index (χ1) is 10.1. The van der Waals surface area contributed by atoms with Gasteiger partial charge >= 0.3 is 5.97 Å². The number of ether oxygens (including phenoxy) is 1. The second-order valence-corrected chi connectivity index (χ2v) is 4.88. The minimum Gasteiger partial charge on any atom is -0.454 e. The molecule has 0 bridgehead atoms. The highest BCUT2D eigenvalue weighted by Gasteiger charge is 2.09. The van der Waals surface area contributed by atoms with E-state index >= 15 is 0 Å². The highest BCUT2D eigenvalue weighted by atomic mass is 35.5. The normalized spacial score (nSPS) is 10.8. The number of carbonyl (C=O) groups is 2. The van der Waals surface area contributed by atoms with Crippen molar-refractivity contribution in [1.82, 2.24) is 4.98 Å². The topological polar surface area (TPSA) is 59.2 Å². The van der Waals surface area contributed by atoms with Crippen molar-refractivity contribution in [3.8, 4) is 0 Å². The third kappa shape index (κ3) is 4.21. The Labute approximate surface area is 131 Å². The van der Waals surface area contributed by atoms with Crippen LogP contribution in [0.2, 0.25) is 10.0 Å². The van der Waals surface area contributed by atoms with E-state index in [1.807, 2.05) is 0 Å². The average Bonchev–Trinajstić information content (AvgIpc) is 3.00. The fourth-order valence-electron chi connectivity index (χ4n) is 1.57. The van der Waals surface area contributed by atoms with Crippen LogP contribution >= 0.6 is 23.2 Å². The number of carbonyl (C=O) groups excluding carboxylic acids is 2. The van der Waals surface area contributed by atoms with E-state index in [2.05, 4.69) is 4.98 Å². The van der Waals surface area contributed by atoms with E-state index in [9.17, 15) is 9.59 Å². The van der Waals surface area contributed by atoms with Crippen LogP contribution in [0.4, 0.5) is 0 Å². The van der Waals surface area contributed by atoms with E-state index in [0.29, 0.717) is 21.3 Å². The lowest BCUT2D eigenvalue weighted by atomic mass is 10.2. The van der Waals surface area contributed by atoms with Gasteiger partial charge in [-0.3, -0.25) is 4.79 Å². The van der Waals surface area contributed by atoms with Gasteiger partial charge in [-0.15, -0.1) is 0 Å². The maximum atomic E-state index is 11.6. The Balaban J connectivity index is 1.91. The van der Waals surface area contributed by atoms with Gasteiger partial charge in [0, 0.05) is 12.3 Å². The number of hydrogen-bond donors (Lipinski definition) is 1. The van der Waals surface area contributed by atoms with Crippen molar-refractivity contribution < 1.29 is 14.3 Å². The van der Waals surface area contributed by atoms with E-state index in [-0.39, 0.29) is 12.4 Å². The summed E-state index contributed by atoms with van der Waals surface area (Å²) < 4.78 is 4.85. The number of aromatic nitrogens is 1. The predicted molar refractivity (Wildman–Crippen MR) is 81.6 cm³/mol. The number of hydrogen-bond acceptors (Lipinski definition) is 3. The lowest BCUT2D eigenvalue weighted by Crippen LogP contribution is -2.12. The first-order valence-electron chi connectivity index (χ1n) is 6.03. The molecular weight excluding hydrogens is 313 g/mol. The Morgan fingerprint density at radius 2 is 2.00 bits per heavy atom. The quantitative estimate of drug-likeness (QED) is 0.517. The minimum absolute atomic E-state index is 0.303. The highest BCUT2D eigenvalue weighted by Crippen LogP contribution is 2.26. The van der Waals surface area contributed by atoms with Crippen molar-refractivity contribution >= 4 is 41.0 Å². The molecule has 1 aromatic carbocycles. The van der Waals surface area contributed by atoms with E-state index in [0.717, 1.165) is 0 Å². The molecular formula is C15H11Cl2NO3. The predicted octanol–water partition coefficient (Wildman–Crippen LogP) is 3.76. The van der Waals surface area contributed by atoms with Gasteiger partial charge in [-0.25, -0.2) is 4.79 Å². The molecule has 108 valence electrons. The molecule has 0 spiro atoms. The molecule has 0 unspecified atom stereocenters. The molecule has 1 aromatic heterocycles. The van der Waals surface area contributed by atoms with Crippen LogP contribution in [0.5, 0.6) is 0 Å². The molecule has 1 N–H and O–H groups in total. The van der Waals surface area contributed by atoms with Crippen LogP contribution in [-0.4, -0.2) is 23.3 Å². The molecule has 0 radical (unpaired) electrons. The number of halogens is 2. The zero-order chi connectivity index (χ0) is 15.2. The third-order valence-corrected chi connectivity index (χ3v) is 3.46. The lowest BCUT2D eigenvalue weighted by Gasteiger charge is -2.01. The van der Waals surface area contributed by atoms with Crippen molar-refractivity contribution in [1.29, 1.82) is 0 Å². The number of ketones is 1. The molecule has 21 heavy (non-hydrogen) atoms. The van der Waals surface area contributed by atoms with E-state index in [1.165, 1.54) is 12.2 Å². The minimum atomic E-state index is -0.633. The zero-order valence-corrected chi connectivity index (χ0v) is 12.3. The number of esters is 1. The maximum Gasteiger partial charge on any atom is 0.331 e. The van der Waals surface area contributed by atoms with Crippen LogP contribution in [-0.2, 0) is 9.53 Å². The van der Waals surface area contributed by atoms with Crippen LogP contribution in [0.15, 0.2) is 42.6 Å². The Morgan fingerprint density at radius 1 is 1.19 bits per heavy atom. The molecule has 0 saturated carbocycles. The summed E-state index contributed by atoms with van der Waals surface area (Å²) in [5.74, 6) is -0.937. The fraction of sp³-hybridized carbons (Fsp3) is 0.0667. The summed E-state index contributed by atoms with van der Waals surface area (Å²) >= 11 is 11.8. The summed E-state index contributed by atoms with van der Waals surface area (Å²) in [5.41, 5.74) is 0.987. The van der Waals surface area contributed by atoms with Gasteiger partial charge < -0.3 is 9.72 Å². The maximum absolute atomic E-state index is 11.6. The molecule has 0 amide bonds. The van der Waals surface area contributed by atoms with Crippen LogP contribution in [0, 0.1) is 0 Å². The lowest BCUT2D eigenvalue weighted by molar-refractivity contribution is -0.136. The van der Waals surface area contributed by atoms with Gasteiger partial charge in [0.1, 0.15) is 0 Å². The highest BCUT2D eigenvalue weighted by molar-refractivity contribution is 6.42. The van der Waals surface area contributed by atoms with Gasteiger partial charge in [0.05, 0.1) is 15.7 Å². The van der Waals surface area contributed by atoms with Crippen molar-refractivity contribution in [2.75, 3.05) is 6.61 Å². The monoisotopic (exact) mass is 323 g/mol. The second-order valence-electron chi connectivity index (χ2n) is 4.09. The van der Waals surface area contributed by atoms with Crippen molar-refractivity contribution in [3.05, 3.63) is 63.9 Å². The van der Waals surface area contributed by atoms with Gasteiger partial charge in [-0.2, -0.15) is 0 Å². The van der Waals surface area contributed by atoms with Gasteiger partial charge in [0.25, 0.3) is 0 Å². The Bertz CT molecular complexity index is 678. The molecule has 6 heteroatoms. The Morgan fingerprint density at radius 3 is 2.71 bits per heavy atom. The standard InChI is InChI=1S/C15H11Cl2NO3/c16-11-4-1-3-10(15(11)17)6-7-14(20)21-9-13(19)12-5-2-8-18-12/h1-8,18H,9H2/b7-6+. The number of benzene rings is 1. The summed E-state index contributed by atoms with van der Waals surface area (Å²) in [4.78, 5) is 25.9.